The molecule has 3 aliphatic rings. The van der Waals surface area contributed by atoms with Crippen molar-refractivity contribution in [2.24, 2.45) is 0 Å². The largest absolute Gasteiger partial charge is 0.506 e. The van der Waals surface area contributed by atoms with E-state index in [1.165, 1.54) is 10.6 Å². The Morgan fingerprint density at radius 3 is 2.88 bits per heavy atom. The fourth-order valence-electron chi connectivity index (χ4n) is 3.06. The number of para-hydroxylation sites is 2. The van der Waals surface area contributed by atoms with E-state index in [0.717, 1.165) is 50.1 Å². The summed E-state index contributed by atoms with van der Waals surface area (Å²) in [6, 6.07) is 7.33. The van der Waals surface area contributed by atoms with Gasteiger partial charge in [-0.05, 0) is 24.3 Å². The number of hydrogen-bond donors (Lipinski definition) is 2. The number of hydrogen-bond acceptors (Lipinski definition) is 6. The molecular weight excluding hydrogens is 322 g/mol. The SMILES string of the molecule is Oc1ccccc1NC1=C2SCC=C2N(CN2CCOCC2)C=C1. The molecular formula is C18H21N3O2S. The van der Waals surface area contributed by atoms with Crippen LogP contribution in [0.1, 0.15) is 0 Å². The molecule has 1 saturated heterocycles. The average Bonchev–Trinajstić information content (AvgIpc) is 3.10. The third-order valence-electron chi connectivity index (χ3n) is 4.34. The smallest absolute Gasteiger partial charge is 0.139 e. The molecule has 0 spiro atoms. The topological polar surface area (TPSA) is 48.0 Å². The van der Waals surface area contributed by atoms with E-state index < -0.39 is 0 Å². The monoisotopic (exact) mass is 343 g/mol. The summed E-state index contributed by atoms with van der Waals surface area (Å²) in [6.45, 7) is 4.47. The number of allylic oxidation sites excluding steroid dienone is 1. The van der Waals surface area contributed by atoms with Crippen molar-refractivity contribution < 1.29 is 9.84 Å². The maximum absolute atomic E-state index is 9.99. The molecule has 0 radical (unpaired) electrons. The quantitative estimate of drug-likeness (QED) is 0.820. The number of benzene rings is 1. The van der Waals surface area contributed by atoms with Crippen molar-refractivity contribution in [2.75, 3.05) is 44.0 Å². The molecule has 6 heteroatoms. The molecule has 1 aromatic rings. The highest BCUT2D eigenvalue weighted by molar-refractivity contribution is 8.03. The first-order chi connectivity index (χ1) is 11.8. The molecule has 0 bridgehead atoms. The number of ether oxygens (including phenoxy) is 1. The van der Waals surface area contributed by atoms with Gasteiger partial charge in [-0.2, -0.15) is 0 Å². The first kappa shape index (κ1) is 15.6. The maximum atomic E-state index is 9.99. The van der Waals surface area contributed by atoms with Crippen LogP contribution in [-0.2, 0) is 4.74 Å². The van der Waals surface area contributed by atoms with Crippen molar-refractivity contribution in [3.63, 3.8) is 0 Å². The molecule has 3 heterocycles. The van der Waals surface area contributed by atoms with Crippen LogP contribution < -0.4 is 5.32 Å². The predicted molar refractivity (Wildman–Crippen MR) is 97.5 cm³/mol. The molecule has 0 amide bonds. The minimum Gasteiger partial charge on any atom is -0.506 e. The number of thioether (sulfide) groups is 1. The van der Waals surface area contributed by atoms with Crippen LogP contribution in [0.2, 0.25) is 0 Å². The van der Waals surface area contributed by atoms with Crippen molar-refractivity contribution in [3.8, 4) is 5.75 Å². The number of phenolic OH excluding ortho intramolecular Hbond substituents is 1. The second-order valence-corrected chi connectivity index (χ2v) is 6.97. The van der Waals surface area contributed by atoms with Crippen molar-refractivity contribution in [1.82, 2.24) is 9.80 Å². The molecule has 1 aromatic carbocycles. The molecule has 0 saturated carbocycles. The van der Waals surface area contributed by atoms with Crippen molar-refractivity contribution in [3.05, 3.63) is 58.9 Å². The van der Waals surface area contributed by atoms with Gasteiger partial charge in [-0.1, -0.05) is 12.1 Å². The van der Waals surface area contributed by atoms with E-state index in [-0.39, 0.29) is 5.75 Å². The number of phenols is 1. The molecule has 2 N–H and O–H groups in total. The second-order valence-electron chi connectivity index (χ2n) is 5.94. The average molecular weight is 343 g/mol. The number of morpholine rings is 1. The molecule has 0 aliphatic carbocycles. The molecule has 0 aromatic heterocycles. The number of fused-ring (bicyclic) bond motifs is 1. The number of aromatic hydroxyl groups is 1. The summed E-state index contributed by atoms with van der Waals surface area (Å²) in [5.74, 6) is 1.25. The third kappa shape index (κ3) is 3.17. The molecule has 3 aliphatic heterocycles. The first-order valence-electron chi connectivity index (χ1n) is 8.19. The maximum Gasteiger partial charge on any atom is 0.139 e. The number of nitrogens with zero attached hydrogens (tertiary/aromatic N) is 2. The van der Waals surface area contributed by atoms with E-state index in [0.29, 0.717) is 0 Å². The molecule has 1 fully saturated rings. The van der Waals surface area contributed by atoms with Gasteiger partial charge in [0.1, 0.15) is 5.75 Å². The fourth-order valence-corrected chi connectivity index (χ4v) is 4.09. The van der Waals surface area contributed by atoms with Crippen LogP contribution in [0, 0.1) is 0 Å². The lowest BCUT2D eigenvalue weighted by molar-refractivity contribution is 0.0229. The van der Waals surface area contributed by atoms with Crippen molar-refractivity contribution in [2.45, 2.75) is 0 Å². The van der Waals surface area contributed by atoms with Gasteiger partial charge in [0.05, 0.1) is 41.9 Å². The van der Waals surface area contributed by atoms with Gasteiger partial charge in [-0.15, -0.1) is 11.8 Å². The van der Waals surface area contributed by atoms with Crippen LogP contribution in [0.15, 0.2) is 58.9 Å². The van der Waals surface area contributed by atoms with Crippen LogP contribution >= 0.6 is 11.8 Å². The van der Waals surface area contributed by atoms with Gasteiger partial charge in [0.15, 0.2) is 0 Å². The summed E-state index contributed by atoms with van der Waals surface area (Å²) in [4.78, 5) is 5.96. The Labute approximate surface area is 146 Å². The van der Waals surface area contributed by atoms with Crippen LogP contribution in [0.3, 0.4) is 0 Å². The van der Waals surface area contributed by atoms with Crippen LogP contribution in [0.25, 0.3) is 0 Å². The molecule has 0 atom stereocenters. The van der Waals surface area contributed by atoms with Gasteiger partial charge >= 0.3 is 0 Å². The summed E-state index contributed by atoms with van der Waals surface area (Å²) < 4.78 is 5.43. The Bertz CT molecular complexity index is 708. The van der Waals surface area contributed by atoms with Gasteiger partial charge in [0, 0.05) is 25.0 Å². The van der Waals surface area contributed by atoms with Crippen molar-refractivity contribution >= 4 is 17.4 Å². The minimum absolute atomic E-state index is 0.267. The van der Waals surface area contributed by atoms with Gasteiger partial charge < -0.3 is 20.1 Å². The van der Waals surface area contributed by atoms with Crippen LogP contribution in [-0.4, -0.2) is 53.6 Å². The van der Waals surface area contributed by atoms with E-state index in [4.69, 9.17) is 4.74 Å². The number of nitrogens with one attached hydrogen (secondary N) is 1. The Morgan fingerprint density at radius 1 is 1.21 bits per heavy atom. The highest BCUT2D eigenvalue weighted by atomic mass is 32.2. The fraction of sp³-hybridized carbons (Fsp3) is 0.333. The Morgan fingerprint density at radius 2 is 2.04 bits per heavy atom. The normalized spacial score (nSPS) is 21.0. The van der Waals surface area contributed by atoms with E-state index in [1.807, 2.05) is 30.0 Å². The summed E-state index contributed by atoms with van der Waals surface area (Å²) in [5, 5.41) is 13.4. The standard InChI is InChI=1S/C18H21N3O2S/c22-17-4-2-1-3-14(17)19-15-5-7-21(16-6-12-24-18(15)16)13-20-8-10-23-11-9-20/h1-7,19,22H,8-13H2. The highest BCUT2D eigenvalue weighted by Gasteiger charge is 2.26. The number of anilines is 1. The third-order valence-corrected chi connectivity index (χ3v) is 5.39. The Balaban J connectivity index is 1.52. The van der Waals surface area contributed by atoms with Gasteiger partial charge in [0.2, 0.25) is 0 Å². The van der Waals surface area contributed by atoms with E-state index >= 15 is 0 Å². The molecule has 126 valence electrons. The summed E-state index contributed by atoms with van der Waals surface area (Å²) in [5.41, 5.74) is 3.04. The van der Waals surface area contributed by atoms with Gasteiger partial charge in [0.25, 0.3) is 0 Å². The van der Waals surface area contributed by atoms with Gasteiger partial charge in [-0.25, -0.2) is 0 Å². The second kappa shape index (κ2) is 6.93. The lowest BCUT2D eigenvalue weighted by Crippen LogP contribution is -2.42. The van der Waals surface area contributed by atoms with E-state index in [9.17, 15) is 5.11 Å². The van der Waals surface area contributed by atoms with Crippen LogP contribution in [0.5, 0.6) is 5.75 Å². The van der Waals surface area contributed by atoms with E-state index in [2.05, 4.69) is 33.5 Å². The minimum atomic E-state index is 0.267. The highest BCUT2D eigenvalue weighted by Crippen LogP contribution is 2.40. The summed E-state index contributed by atoms with van der Waals surface area (Å²) in [6.07, 6.45) is 6.49. The van der Waals surface area contributed by atoms with Crippen molar-refractivity contribution in [1.29, 1.82) is 0 Å². The summed E-state index contributed by atoms with van der Waals surface area (Å²) in [7, 11) is 0. The zero-order chi connectivity index (χ0) is 16.4. The first-order valence-corrected chi connectivity index (χ1v) is 9.17. The zero-order valence-corrected chi connectivity index (χ0v) is 14.3. The zero-order valence-electron chi connectivity index (χ0n) is 13.4. The molecule has 4 rings (SSSR count). The summed E-state index contributed by atoms with van der Waals surface area (Å²) >= 11 is 1.83. The molecule has 24 heavy (non-hydrogen) atoms. The van der Waals surface area contributed by atoms with E-state index in [1.54, 1.807) is 6.07 Å². The van der Waals surface area contributed by atoms with Gasteiger partial charge in [-0.3, -0.25) is 4.90 Å². The van der Waals surface area contributed by atoms with Crippen LogP contribution in [0.4, 0.5) is 5.69 Å². The molecule has 5 nitrogen and oxygen atoms in total. The Hall–Kier alpha value is -1.89. The lowest BCUT2D eigenvalue weighted by atomic mass is 10.2. The predicted octanol–water partition coefficient (Wildman–Crippen LogP) is 2.77. The number of rotatable bonds is 4. The molecule has 0 unspecified atom stereocenters. The Kier molecular flexibility index (Phi) is 4.51. The lowest BCUT2D eigenvalue weighted by Gasteiger charge is -2.35.